The Morgan fingerprint density at radius 2 is 2.46 bits per heavy atom. The molecule has 0 aromatic rings. The minimum atomic E-state index is 0.318. The van der Waals surface area contributed by atoms with Crippen LogP contribution in [-0.2, 0) is 4.74 Å². The van der Waals surface area contributed by atoms with Gasteiger partial charge in [0, 0.05) is 0 Å². The number of allylic oxidation sites excluding steroid dienone is 1. The van der Waals surface area contributed by atoms with Gasteiger partial charge in [-0.1, -0.05) is 19.9 Å². The number of aliphatic imine (C=N–C) groups is 1. The van der Waals surface area contributed by atoms with Crippen molar-refractivity contribution in [2.45, 2.75) is 19.9 Å². The molecule has 1 aliphatic heterocycles. The van der Waals surface area contributed by atoms with Crippen molar-refractivity contribution in [3.8, 4) is 0 Å². The molecule has 0 bridgehead atoms. The van der Waals surface area contributed by atoms with Gasteiger partial charge in [-0.15, -0.1) is 5.73 Å². The minimum Gasteiger partial charge on any atom is -0.475 e. The van der Waals surface area contributed by atoms with E-state index < -0.39 is 0 Å². The number of rotatable bonds is 2. The quantitative estimate of drug-likeness (QED) is 0.589. The lowest BCUT2D eigenvalue weighted by Crippen LogP contribution is -2.13. The average Bonchev–Trinajstić information content (AvgIpc) is 2.75. The second-order valence-corrected chi connectivity index (χ2v) is 3.64. The highest BCUT2D eigenvalue weighted by Gasteiger charge is 2.23. The molecule has 2 aliphatic rings. The lowest BCUT2D eigenvalue weighted by Gasteiger charge is -2.06. The summed E-state index contributed by atoms with van der Waals surface area (Å²) in [5.41, 5.74) is 4.06. The smallest absolute Gasteiger partial charge is 0.224 e. The van der Waals surface area contributed by atoms with Gasteiger partial charge in [0.15, 0.2) is 0 Å². The molecular formula is C11H13NO. The SMILES string of the molecule is CC(C)[C@H]1COC(C2=C=CC=C2)=N1. The highest BCUT2D eigenvalue weighted by Crippen LogP contribution is 2.18. The van der Waals surface area contributed by atoms with Crippen LogP contribution >= 0.6 is 0 Å². The molecule has 0 N–H and O–H groups in total. The Kier molecular flexibility index (Phi) is 2.07. The summed E-state index contributed by atoms with van der Waals surface area (Å²) in [5.74, 6) is 1.30. The van der Waals surface area contributed by atoms with Crippen LogP contribution < -0.4 is 0 Å². The second-order valence-electron chi connectivity index (χ2n) is 3.64. The Bertz CT molecular complexity index is 330. The molecule has 2 rings (SSSR count). The summed E-state index contributed by atoms with van der Waals surface area (Å²) in [6.45, 7) is 5.04. The summed E-state index contributed by atoms with van der Waals surface area (Å²) < 4.78 is 5.49. The molecule has 13 heavy (non-hydrogen) atoms. The van der Waals surface area contributed by atoms with Gasteiger partial charge < -0.3 is 4.74 Å². The van der Waals surface area contributed by atoms with Crippen LogP contribution in [0.4, 0.5) is 0 Å². The Labute approximate surface area is 78.3 Å². The Balaban J connectivity index is 2.15. The first-order valence-electron chi connectivity index (χ1n) is 4.61. The van der Waals surface area contributed by atoms with Gasteiger partial charge in [-0.05, 0) is 18.1 Å². The summed E-state index contributed by atoms with van der Waals surface area (Å²) in [7, 11) is 0. The number of hydrogen-bond donors (Lipinski definition) is 0. The minimum absolute atomic E-state index is 0.318. The third-order valence-corrected chi connectivity index (χ3v) is 2.27. The largest absolute Gasteiger partial charge is 0.475 e. The fourth-order valence-electron chi connectivity index (χ4n) is 1.34. The first-order chi connectivity index (χ1) is 6.27. The molecule has 68 valence electrons. The molecule has 0 saturated carbocycles. The molecule has 2 nitrogen and oxygen atoms in total. The van der Waals surface area contributed by atoms with Crippen molar-refractivity contribution in [3.05, 3.63) is 29.5 Å². The van der Waals surface area contributed by atoms with Crippen LogP contribution in [0, 0.1) is 5.92 Å². The summed E-state index contributed by atoms with van der Waals surface area (Å²) >= 11 is 0. The fraction of sp³-hybridized carbons (Fsp3) is 0.455. The lowest BCUT2D eigenvalue weighted by atomic mass is 10.1. The van der Waals surface area contributed by atoms with Crippen LogP contribution in [0.25, 0.3) is 0 Å². The first kappa shape index (κ1) is 8.33. The highest BCUT2D eigenvalue weighted by molar-refractivity contribution is 5.97. The van der Waals surface area contributed by atoms with E-state index in [1.807, 2.05) is 18.2 Å². The molecule has 2 heteroatoms. The molecule has 0 unspecified atom stereocenters. The Hall–Kier alpha value is -1.27. The molecule has 0 aromatic heterocycles. The maximum atomic E-state index is 5.49. The van der Waals surface area contributed by atoms with Gasteiger partial charge >= 0.3 is 0 Å². The van der Waals surface area contributed by atoms with Gasteiger partial charge in [-0.3, -0.25) is 0 Å². The van der Waals surface area contributed by atoms with Crippen molar-refractivity contribution >= 4 is 5.90 Å². The number of nitrogens with zero attached hydrogens (tertiary/aromatic N) is 1. The zero-order valence-electron chi connectivity index (χ0n) is 7.95. The number of ether oxygens (including phenoxy) is 1. The van der Waals surface area contributed by atoms with Crippen LogP contribution in [0.2, 0.25) is 0 Å². The van der Waals surface area contributed by atoms with Crippen LogP contribution in [0.3, 0.4) is 0 Å². The molecular weight excluding hydrogens is 162 g/mol. The molecule has 1 aliphatic carbocycles. The van der Waals surface area contributed by atoms with E-state index in [1.165, 1.54) is 0 Å². The maximum absolute atomic E-state index is 5.49. The van der Waals surface area contributed by atoms with Crippen LogP contribution in [-0.4, -0.2) is 18.5 Å². The van der Waals surface area contributed by atoms with E-state index in [2.05, 4.69) is 24.6 Å². The average molecular weight is 175 g/mol. The summed E-state index contributed by atoms with van der Waals surface area (Å²) in [6, 6.07) is 0.318. The Morgan fingerprint density at radius 3 is 3.00 bits per heavy atom. The molecule has 0 saturated heterocycles. The summed E-state index contributed by atoms with van der Waals surface area (Å²) in [6.07, 6.45) is 5.80. The van der Waals surface area contributed by atoms with E-state index in [1.54, 1.807) is 0 Å². The van der Waals surface area contributed by atoms with E-state index in [4.69, 9.17) is 4.74 Å². The van der Waals surface area contributed by atoms with E-state index in [0.717, 1.165) is 11.5 Å². The van der Waals surface area contributed by atoms with Crippen molar-refractivity contribution in [2.75, 3.05) is 6.61 Å². The summed E-state index contributed by atoms with van der Waals surface area (Å²) in [5, 5.41) is 0. The van der Waals surface area contributed by atoms with Gasteiger partial charge in [-0.25, -0.2) is 4.99 Å². The third-order valence-electron chi connectivity index (χ3n) is 2.27. The van der Waals surface area contributed by atoms with E-state index in [-0.39, 0.29) is 0 Å². The summed E-state index contributed by atoms with van der Waals surface area (Å²) in [4.78, 5) is 4.49. The molecule has 1 atom stereocenters. The molecule has 0 fully saturated rings. The van der Waals surface area contributed by atoms with E-state index in [9.17, 15) is 0 Å². The van der Waals surface area contributed by atoms with Crippen molar-refractivity contribution < 1.29 is 4.74 Å². The fourth-order valence-corrected chi connectivity index (χ4v) is 1.34. The van der Waals surface area contributed by atoms with Gasteiger partial charge in [-0.2, -0.15) is 0 Å². The zero-order valence-corrected chi connectivity index (χ0v) is 7.95. The highest BCUT2D eigenvalue weighted by atomic mass is 16.5. The zero-order chi connectivity index (χ0) is 9.26. The molecule has 0 amide bonds. The third kappa shape index (κ3) is 1.58. The Morgan fingerprint density at radius 1 is 1.62 bits per heavy atom. The second kappa shape index (κ2) is 3.23. The van der Waals surface area contributed by atoms with Crippen molar-refractivity contribution in [2.24, 2.45) is 10.9 Å². The van der Waals surface area contributed by atoms with Gasteiger partial charge in [0.05, 0.1) is 11.6 Å². The first-order valence-corrected chi connectivity index (χ1v) is 4.61. The molecule has 0 aromatic carbocycles. The van der Waals surface area contributed by atoms with Gasteiger partial charge in [0.2, 0.25) is 5.90 Å². The molecule has 0 spiro atoms. The topological polar surface area (TPSA) is 21.6 Å². The monoisotopic (exact) mass is 175 g/mol. The molecule has 1 heterocycles. The normalized spacial score (nSPS) is 25.0. The van der Waals surface area contributed by atoms with E-state index in [0.29, 0.717) is 18.6 Å². The van der Waals surface area contributed by atoms with Crippen molar-refractivity contribution in [1.82, 2.24) is 0 Å². The lowest BCUT2D eigenvalue weighted by molar-refractivity contribution is 0.292. The van der Waals surface area contributed by atoms with Crippen LogP contribution in [0.1, 0.15) is 13.8 Å². The standard InChI is InChI=1S/C11H13NO/c1-8(2)10-7-13-11(12-10)9-5-3-4-6-9/h3-5,8,10H,7H2,1-2H3/t10-/m1/s1. The van der Waals surface area contributed by atoms with Crippen molar-refractivity contribution in [3.63, 3.8) is 0 Å². The van der Waals surface area contributed by atoms with Crippen LogP contribution in [0.5, 0.6) is 0 Å². The van der Waals surface area contributed by atoms with Crippen molar-refractivity contribution in [1.29, 1.82) is 0 Å². The van der Waals surface area contributed by atoms with E-state index >= 15 is 0 Å². The van der Waals surface area contributed by atoms with Gasteiger partial charge in [0.25, 0.3) is 0 Å². The molecule has 0 radical (unpaired) electrons. The van der Waals surface area contributed by atoms with Gasteiger partial charge in [0.1, 0.15) is 6.61 Å². The number of hydrogen-bond acceptors (Lipinski definition) is 2. The predicted octanol–water partition coefficient (Wildman–Crippen LogP) is 2.09. The maximum Gasteiger partial charge on any atom is 0.224 e. The predicted molar refractivity (Wildman–Crippen MR) is 52.7 cm³/mol. The van der Waals surface area contributed by atoms with Crippen LogP contribution in [0.15, 0.2) is 34.5 Å².